The van der Waals surface area contributed by atoms with E-state index in [1.165, 1.54) is 0 Å². The van der Waals surface area contributed by atoms with Crippen LogP contribution < -0.4 is 10.6 Å². The molecular weight excluding hydrogens is 213 g/mol. The third-order valence-electron chi connectivity index (χ3n) is 2.81. The van der Waals surface area contributed by atoms with Crippen molar-refractivity contribution < 1.29 is 1.43 Å². The summed E-state index contributed by atoms with van der Waals surface area (Å²) in [5.41, 5.74) is 3.07. The predicted molar refractivity (Wildman–Crippen MR) is 70.0 cm³/mol. The van der Waals surface area contributed by atoms with Gasteiger partial charge in [-0.2, -0.15) is 5.10 Å². The average molecular weight is 227 g/mol. The summed E-state index contributed by atoms with van der Waals surface area (Å²) in [7, 11) is 5.78. The minimum absolute atomic E-state index is 0. The highest BCUT2D eigenvalue weighted by atomic mass is 15.3. The molecule has 0 fully saturated rings. The first kappa shape index (κ1) is 10.2. The summed E-state index contributed by atoms with van der Waals surface area (Å²) >= 11 is 0. The Balaban J connectivity index is 0.00000120. The molecule has 2 N–H and O–H groups in total. The molecule has 3 heterocycles. The van der Waals surface area contributed by atoms with E-state index in [1.54, 1.807) is 6.20 Å². The summed E-state index contributed by atoms with van der Waals surface area (Å²) in [4.78, 5) is 4.24. The Bertz CT molecular complexity index is 556. The molecule has 86 valence electrons. The topological polar surface area (TPSA) is 54.8 Å². The fourth-order valence-corrected chi connectivity index (χ4v) is 1.97. The number of aryl methyl sites for hydroxylation is 1. The normalized spacial score (nSPS) is 17.4. The zero-order valence-corrected chi connectivity index (χ0v) is 9.51. The van der Waals surface area contributed by atoms with Crippen molar-refractivity contribution in [3.63, 3.8) is 0 Å². The molecule has 6 heteroatoms. The Hall–Kier alpha value is -1.98. The quantitative estimate of drug-likeness (QED) is 0.763. The maximum atomic E-state index is 5.78. The zero-order valence-electron chi connectivity index (χ0n) is 9.51. The lowest BCUT2D eigenvalue weighted by Gasteiger charge is -2.05. The SMILES string of the molecule is [B]C1Nc2nccc(-c3cnn(CC)c3)c2N1.[HH]. The van der Waals surface area contributed by atoms with Gasteiger partial charge in [-0.25, -0.2) is 4.98 Å². The summed E-state index contributed by atoms with van der Waals surface area (Å²) < 4.78 is 1.89. The fraction of sp³-hybridized carbons (Fsp3) is 0.273. The molecule has 5 nitrogen and oxygen atoms in total. The van der Waals surface area contributed by atoms with Crippen LogP contribution in [-0.2, 0) is 6.54 Å². The lowest BCUT2D eigenvalue weighted by molar-refractivity contribution is 0.660. The van der Waals surface area contributed by atoms with E-state index in [9.17, 15) is 0 Å². The van der Waals surface area contributed by atoms with Crippen molar-refractivity contribution in [1.29, 1.82) is 0 Å². The molecule has 1 unspecified atom stereocenters. The first-order chi connectivity index (χ1) is 8.28. The number of hydrogen-bond donors (Lipinski definition) is 2. The molecule has 1 aliphatic rings. The van der Waals surface area contributed by atoms with Crippen LogP contribution in [0.25, 0.3) is 11.1 Å². The van der Waals surface area contributed by atoms with E-state index in [4.69, 9.17) is 7.85 Å². The summed E-state index contributed by atoms with van der Waals surface area (Å²) in [5, 5.41) is 10.5. The maximum Gasteiger partial charge on any atom is 0.150 e. The Morgan fingerprint density at radius 1 is 1.53 bits per heavy atom. The number of hydrogen-bond acceptors (Lipinski definition) is 4. The first-order valence-corrected chi connectivity index (χ1v) is 5.58. The minimum Gasteiger partial charge on any atom is -0.370 e. The second-order valence-corrected chi connectivity index (χ2v) is 3.93. The molecular formula is C11H14BN5. The van der Waals surface area contributed by atoms with Crippen molar-refractivity contribution in [3.8, 4) is 11.1 Å². The van der Waals surface area contributed by atoms with Crippen LogP contribution >= 0.6 is 0 Å². The van der Waals surface area contributed by atoms with Crippen LogP contribution in [0, 0.1) is 0 Å². The van der Waals surface area contributed by atoms with Gasteiger partial charge in [0.15, 0.2) is 5.82 Å². The van der Waals surface area contributed by atoms with Crippen LogP contribution in [-0.4, -0.2) is 28.7 Å². The lowest BCUT2D eigenvalue weighted by atomic mass is 10.1. The van der Waals surface area contributed by atoms with Crippen molar-refractivity contribution in [2.45, 2.75) is 19.5 Å². The number of nitrogens with one attached hydrogen (secondary N) is 2. The van der Waals surface area contributed by atoms with Gasteiger partial charge >= 0.3 is 0 Å². The molecule has 3 rings (SSSR count). The molecule has 0 bridgehead atoms. The second kappa shape index (κ2) is 3.80. The highest BCUT2D eigenvalue weighted by Crippen LogP contribution is 2.35. The van der Waals surface area contributed by atoms with Crippen molar-refractivity contribution in [1.82, 2.24) is 14.8 Å². The van der Waals surface area contributed by atoms with E-state index in [2.05, 4.69) is 27.6 Å². The van der Waals surface area contributed by atoms with Gasteiger partial charge in [-0.05, 0) is 13.0 Å². The molecule has 1 atom stereocenters. The molecule has 0 amide bonds. The molecule has 0 saturated carbocycles. The van der Waals surface area contributed by atoms with Gasteiger partial charge in [0.25, 0.3) is 0 Å². The monoisotopic (exact) mass is 227 g/mol. The third kappa shape index (κ3) is 1.65. The second-order valence-electron chi connectivity index (χ2n) is 3.93. The van der Waals surface area contributed by atoms with Crippen molar-refractivity contribution in [2.75, 3.05) is 10.6 Å². The fourth-order valence-electron chi connectivity index (χ4n) is 1.97. The highest BCUT2D eigenvalue weighted by molar-refractivity contribution is 6.16. The van der Waals surface area contributed by atoms with Crippen molar-refractivity contribution in [3.05, 3.63) is 24.7 Å². The lowest BCUT2D eigenvalue weighted by Crippen LogP contribution is -2.21. The van der Waals surface area contributed by atoms with Gasteiger partial charge in [0, 0.05) is 31.5 Å². The Morgan fingerprint density at radius 3 is 3.18 bits per heavy atom. The van der Waals surface area contributed by atoms with Crippen molar-refractivity contribution >= 4 is 19.4 Å². The number of nitrogens with zero attached hydrogens (tertiary/aromatic N) is 3. The molecule has 2 aromatic rings. The first-order valence-electron chi connectivity index (χ1n) is 5.58. The third-order valence-corrected chi connectivity index (χ3v) is 2.81. The van der Waals surface area contributed by atoms with E-state index < -0.39 is 0 Å². The molecule has 0 aromatic carbocycles. The number of anilines is 2. The van der Waals surface area contributed by atoms with Gasteiger partial charge in [-0.3, -0.25) is 4.68 Å². The molecule has 0 spiro atoms. The summed E-state index contributed by atoms with van der Waals surface area (Å²) in [6.07, 6.45) is 5.63. The number of pyridine rings is 1. The standard InChI is InChI=1S/C11H12BN5.H2/c1-2-17-6-7(5-14-17)8-3-4-13-10-9(8)15-11(12)16-10;/h3-6,11,15H,2H2,1H3,(H,13,16);1H. The Labute approximate surface area is 102 Å². The van der Waals surface area contributed by atoms with Crippen LogP contribution in [0.2, 0.25) is 0 Å². The van der Waals surface area contributed by atoms with Gasteiger partial charge in [0.2, 0.25) is 0 Å². The van der Waals surface area contributed by atoms with E-state index in [1.807, 2.05) is 23.1 Å². The minimum atomic E-state index is -0.278. The average Bonchev–Trinajstić information content (AvgIpc) is 2.92. The van der Waals surface area contributed by atoms with Crippen molar-refractivity contribution in [2.24, 2.45) is 0 Å². The van der Waals surface area contributed by atoms with Gasteiger partial charge in [0.1, 0.15) is 7.85 Å². The van der Waals surface area contributed by atoms with Gasteiger partial charge < -0.3 is 10.6 Å². The maximum absolute atomic E-state index is 5.78. The van der Waals surface area contributed by atoms with Crippen LogP contribution in [0.1, 0.15) is 8.35 Å². The molecule has 1 aliphatic heterocycles. The summed E-state index contributed by atoms with van der Waals surface area (Å²) in [5.74, 6) is 0.791. The Morgan fingerprint density at radius 2 is 2.41 bits per heavy atom. The molecule has 0 saturated heterocycles. The van der Waals surface area contributed by atoms with E-state index in [0.717, 1.165) is 29.2 Å². The van der Waals surface area contributed by atoms with Gasteiger partial charge in [-0.1, -0.05) is 0 Å². The van der Waals surface area contributed by atoms with E-state index in [0.29, 0.717) is 0 Å². The van der Waals surface area contributed by atoms with Crippen LogP contribution in [0.5, 0.6) is 0 Å². The van der Waals surface area contributed by atoms with Crippen LogP contribution in [0.15, 0.2) is 24.7 Å². The zero-order chi connectivity index (χ0) is 11.8. The largest absolute Gasteiger partial charge is 0.370 e. The molecule has 17 heavy (non-hydrogen) atoms. The van der Waals surface area contributed by atoms with Gasteiger partial charge in [0.05, 0.1) is 17.9 Å². The van der Waals surface area contributed by atoms with Crippen LogP contribution in [0.4, 0.5) is 11.5 Å². The van der Waals surface area contributed by atoms with Gasteiger partial charge in [-0.15, -0.1) is 0 Å². The summed E-state index contributed by atoms with van der Waals surface area (Å²) in [6.45, 7) is 2.92. The highest BCUT2D eigenvalue weighted by Gasteiger charge is 2.20. The van der Waals surface area contributed by atoms with Crippen LogP contribution in [0.3, 0.4) is 0 Å². The molecule has 2 aromatic heterocycles. The Kier molecular flexibility index (Phi) is 2.28. The molecule has 0 aliphatic carbocycles. The predicted octanol–water partition coefficient (Wildman–Crippen LogP) is 1.50. The summed E-state index contributed by atoms with van der Waals surface area (Å²) in [6, 6.07) is 1.68. The molecule has 2 radical (unpaired) electrons. The van der Waals surface area contributed by atoms with E-state index >= 15 is 0 Å². The van der Waals surface area contributed by atoms with E-state index in [-0.39, 0.29) is 7.49 Å². The smallest absolute Gasteiger partial charge is 0.150 e. The number of rotatable bonds is 2. The number of fused-ring (bicyclic) bond motifs is 1. The number of aromatic nitrogens is 3.